The number of aryl methyl sites for hydroxylation is 1. The molecule has 2 aromatic carbocycles. The Labute approximate surface area is 187 Å². The summed E-state index contributed by atoms with van der Waals surface area (Å²) in [5, 5.41) is 3.71. The summed E-state index contributed by atoms with van der Waals surface area (Å²) in [6.07, 6.45) is 0.0908. The molecule has 0 saturated carbocycles. The van der Waals surface area contributed by atoms with Gasteiger partial charge in [0.25, 0.3) is 5.91 Å². The van der Waals surface area contributed by atoms with Gasteiger partial charge in [0.1, 0.15) is 0 Å². The van der Waals surface area contributed by atoms with Crippen LogP contribution in [0, 0.1) is 6.92 Å². The Balaban J connectivity index is 1.63. The number of carbonyl (C=O) groups is 2. The van der Waals surface area contributed by atoms with Gasteiger partial charge in [0.15, 0.2) is 6.61 Å². The van der Waals surface area contributed by atoms with Crippen LogP contribution in [-0.4, -0.2) is 28.8 Å². The number of benzene rings is 2. The number of para-hydroxylation sites is 2. The van der Waals surface area contributed by atoms with Crippen molar-refractivity contribution >= 4 is 34.2 Å². The number of esters is 1. The van der Waals surface area contributed by atoms with E-state index in [0.717, 1.165) is 27.8 Å². The molecule has 7 heteroatoms. The fourth-order valence-electron chi connectivity index (χ4n) is 3.57. The Morgan fingerprint density at radius 2 is 1.72 bits per heavy atom. The zero-order valence-electron chi connectivity index (χ0n) is 18.8. The molecule has 0 bridgehead atoms. The van der Waals surface area contributed by atoms with Crippen molar-refractivity contribution in [2.45, 2.75) is 27.2 Å². The first-order chi connectivity index (χ1) is 15.3. The highest BCUT2D eigenvalue weighted by atomic mass is 16.5. The molecule has 0 atom stereocenters. The molecule has 3 N–H and O–H groups in total. The average molecular weight is 433 g/mol. The minimum Gasteiger partial charge on any atom is -0.455 e. The normalized spacial score (nSPS) is 12.4. The van der Waals surface area contributed by atoms with Gasteiger partial charge in [0.2, 0.25) is 0 Å². The zero-order chi connectivity index (χ0) is 23.3. The van der Waals surface area contributed by atoms with E-state index in [1.165, 1.54) is 0 Å². The molecule has 0 aliphatic carbocycles. The largest absolute Gasteiger partial charge is 0.455 e. The maximum absolute atomic E-state index is 12.4. The van der Waals surface area contributed by atoms with Crippen LogP contribution in [0.15, 0.2) is 71.0 Å². The van der Waals surface area contributed by atoms with Crippen molar-refractivity contribution in [3.8, 4) is 0 Å². The van der Waals surface area contributed by atoms with Crippen molar-refractivity contribution in [1.29, 1.82) is 0 Å². The Hall–Kier alpha value is -3.87. The van der Waals surface area contributed by atoms with Crippen molar-refractivity contribution in [2.24, 2.45) is 17.8 Å². The van der Waals surface area contributed by atoms with E-state index in [-0.39, 0.29) is 6.42 Å². The molecular weight excluding hydrogens is 404 g/mol. The summed E-state index contributed by atoms with van der Waals surface area (Å²) < 4.78 is 7.28. The lowest BCUT2D eigenvalue weighted by molar-refractivity contribution is -0.147. The second kappa shape index (κ2) is 9.96. The lowest BCUT2D eigenvalue weighted by Crippen LogP contribution is -2.32. The number of aromatic nitrogens is 1. The van der Waals surface area contributed by atoms with Crippen molar-refractivity contribution in [1.82, 2.24) is 9.88 Å². The van der Waals surface area contributed by atoms with Crippen LogP contribution in [0.4, 0.5) is 5.69 Å². The van der Waals surface area contributed by atoms with Gasteiger partial charge >= 0.3 is 5.97 Å². The van der Waals surface area contributed by atoms with Crippen LogP contribution in [0.25, 0.3) is 10.9 Å². The van der Waals surface area contributed by atoms with Crippen LogP contribution < -0.4 is 11.1 Å². The molecule has 0 aliphatic heterocycles. The van der Waals surface area contributed by atoms with Crippen molar-refractivity contribution in [2.75, 3.05) is 6.61 Å². The van der Waals surface area contributed by atoms with E-state index >= 15 is 0 Å². The van der Waals surface area contributed by atoms with Gasteiger partial charge in [-0.05, 0) is 44.5 Å². The number of ether oxygens (including phenoxy) is 1. The predicted molar refractivity (Wildman–Crippen MR) is 127 cm³/mol. The van der Waals surface area contributed by atoms with Crippen LogP contribution in [0.3, 0.4) is 0 Å². The number of amides is 1. The number of nitrogens with two attached hydrogens (primary N) is 1. The fourth-order valence-corrected chi connectivity index (χ4v) is 3.57. The molecule has 0 unspecified atom stereocenters. The quantitative estimate of drug-likeness (QED) is 0.440. The molecular formula is C25H28N4O3. The maximum Gasteiger partial charge on any atom is 0.310 e. The summed E-state index contributed by atoms with van der Waals surface area (Å²) in [6, 6.07) is 17.2. The summed E-state index contributed by atoms with van der Waals surface area (Å²) in [4.78, 5) is 29.3. The first-order valence-corrected chi connectivity index (χ1v) is 10.3. The van der Waals surface area contributed by atoms with E-state index in [0.29, 0.717) is 17.1 Å². The summed E-state index contributed by atoms with van der Waals surface area (Å²) >= 11 is 0. The fraction of sp³-hybridized carbons (Fsp3) is 0.240. The summed E-state index contributed by atoms with van der Waals surface area (Å²) in [5.74, 6) is -0.945. The summed E-state index contributed by atoms with van der Waals surface area (Å²) in [6.45, 7) is 4.99. The zero-order valence-corrected chi connectivity index (χ0v) is 18.8. The predicted octanol–water partition coefficient (Wildman–Crippen LogP) is 3.67. The van der Waals surface area contributed by atoms with Crippen molar-refractivity contribution in [3.63, 3.8) is 0 Å². The van der Waals surface area contributed by atoms with Gasteiger partial charge in [-0.1, -0.05) is 36.4 Å². The van der Waals surface area contributed by atoms with Gasteiger partial charge in [-0.15, -0.1) is 0 Å². The summed E-state index contributed by atoms with van der Waals surface area (Å²) in [7, 11) is 1.96. The lowest BCUT2D eigenvalue weighted by Gasteiger charge is -2.12. The highest BCUT2D eigenvalue weighted by molar-refractivity contribution is 6.03. The Bertz CT molecular complexity index is 1200. The minimum atomic E-state index is -0.476. The topological polar surface area (TPSA) is 98.7 Å². The third kappa shape index (κ3) is 5.24. The van der Waals surface area contributed by atoms with Crippen LogP contribution >= 0.6 is 0 Å². The molecule has 1 aromatic heterocycles. The van der Waals surface area contributed by atoms with Crippen molar-refractivity contribution in [3.05, 3.63) is 77.2 Å². The number of aliphatic imine (C=N–C) groups is 1. The number of hydrogen-bond donors (Lipinski definition) is 2. The van der Waals surface area contributed by atoms with E-state index in [1.54, 1.807) is 13.8 Å². The molecule has 0 radical (unpaired) electrons. The molecule has 0 spiro atoms. The first-order valence-electron chi connectivity index (χ1n) is 10.3. The molecule has 3 rings (SSSR count). The molecule has 0 fully saturated rings. The number of nitrogens with one attached hydrogen (secondary N) is 1. The molecule has 32 heavy (non-hydrogen) atoms. The van der Waals surface area contributed by atoms with Gasteiger partial charge in [-0.2, -0.15) is 0 Å². The Morgan fingerprint density at radius 1 is 1.06 bits per heavy atom. The lowest BCUT2D eigenvalue weighted by atomic mass is 10.1. The second-order valence-electron chi connectivity index (χ2n) is 7.62. The average Bonchev–Trinajstić information content (AvgIpc) is 3.01. The highest BCUT2D eigenvalue weighted by Gasteiger charge is 2.17. The number of allylic oxidation sites excluding steroid dienone is 2. The van der Waals surface area contributed by atoms with Gasteiger partial charge in [-0.3, -0.25) is 14.6 Å². The number of rotatable bonds is 7. The number of nitrogens with zero attached hydrogens (tertiary/aromatic N) is 2. The standard InChI is InChI=1S/C25H28N4O3/c1-16(26)25(17(2)27-19-10-6-5-7-11-19)28-23(30)15-32-24(31)14-21-18(3)29(4)22-13-9-8-12-20(21)22/h5-13H,14-15,26H2,1-4H3,(H,28,30). The van der Waals surface area contributed by atoms with Gasteiger partial charge < -0.3 is 20.4 Å². The summed E-state index contributed by atoms with van der Waals surface area (Å²) in [5.41, 5.74) is 11.0. The number of carbonyl (C=O) groups excluding carboxylic acids is 2. The van der Waals surface area contributed by atoms with Gasteiger partial charge in [0.05, 0.1) is 23.5 Å². The molecule has 0 aliphatic rings. The molecule has 1 amide bonds. The van der Waals surface area contributed by atoms with E-state index < -0.39 is 18.5 Å². The molecule has 166 valence electrons. The molecule has 0 saturated heterocycles. The number of hydrogen-bond acceptors (Lipinski definition) is 5. The first kappa shape index (κ1) is 22.8. The molecule has 7 nitrogen and oxygen atoms in total. The monoisotopic (exact) mass is 432 g/mol. The smallest absolute Gasteiger partial charge is 0.310 e. The third-order valence-electron chi connectivity index (χ3n) is 5.29. The second-order valence-corrected chi connectivity index (χ2v) is 7.62. The van der Waals surface area contributed by atoms with Gasteiger partial charge in [-0.25, -0.2) is 0 Å². The third-order valence-corrected chi connectivity index (χ3v) is 5.29. The van der Waals surface area contributed by atoms with Crippen LogP contribution in [0.5, 0.6) is 0 Å². The van der Waals surface area contributed by atoms with Crippen LogP contribution in [0.1, 0.15) is 25.1 Å². The van der Waals surface area contributed by atoms with Crippen molar-refractivity contribution < 1.29 is 14.3 Å². The SMILES string of the molecule is CC(=Nc1ccccc1)C(NC(=O)COC(=O)Cc1c(C)n(C)c2ccccc12)=C(C)N. The maximum atomic E-state index is 12.4. The van der Waals surface area contributed by atoms with Crippen LogP contribution in [-0.2, 0) is 27.8 Å². The Morgan fingerprint density at radius 3 is 2.41 bits per heavy atom. The molecule has 3 aromatic rings. The van der Waals surface area contributed by atoms with E-state index in [9.17, 15) is 9.59 Å². The molecule has 1 heterocycles. The van der Waals surface area contributed by atoms with Crippen LogP contribution in [0.2, 0.25) is 0 Å². The number of fused-ring (bicyclic) bond motifs is 1. The highest BCUT2D eigenvalue weighted by Crippen LogP contribution is 2.25. The van der Waals surface area contributed by atoms with E-state index in [4.69, 9.17) is 10.5 Å². The van der Waals surface area contributed by atoms with Gasteiger partial charge in [0, 0.05) is 29.3 Å². The van der Waals surface area contributed by atoms with E-state index in [2.05, 4.69) is 10.3 Å². The minimum absolute atomic E-state index is 0.0908. The van der Waals surface area contributed by atoms with E-state index in [1.807, 2.05) is 73.1 Å². The Kier molecular flexibility index (Phi) is 7.10.